The summed E-state index contributed by atoms with van der Waals surface area (Å²) in [6, 6.07) is 19.2. The van der Waals surface area contributed by atoms with Gasteiger partial charge in [0.15, 0.2) is 0 Å². The fourth-order valence-corrected chi connectivity index (χ4v) is 4.09. The van der Waals surface area contributed by atoms with Crippen molar-refractivity contribution in [3.63, 3.8) is 0 Å². The molecule has 0 bridgehead atoms. The van der Waals surface area contributed by atoms with Crippen LogP contribution in [0.25, 0.3) is 0 Å². The minimum Gasteiger partial charge on any atom is -0.381 e. The molecule has 0 aliphatic carbocycles. The Morgan fingerprint density at radius 2 is 1.67 bits per heavy atom. The third kappa shape index (κ3) is 5.43. The van der Waals surface area contributed by atoms with E-state index in [4.69, 9.17) is 4.74 Å². The van der Waals surface area contributed by atoms with E-state index < -0.39 is 21.7 Å². The van der Waals surface area contributed by atoms with E-state index in [9.17, 15) is 21.6 Å². The Kier molecular flexibility index (Phi) is 6.88. The summed E-state index contributed by atoms with van der Waals surface area (Å²) in [6.07, 6.45) is 1.27. The largest absolute Gasteiger partial charge is 0.534 e. The monoisotopic (exact) mass is 440 g/mol. The van der Waals surface area contributed by atoms with Crippen molar-refractivity contribution in [2.75, 3.05) is 0 Å². The van der Waals surface area contributed by atoms with E-state index in [1.165, 1.54) is 6.92 Å². The van der Waals surface area contributed by atoms with E-state index in [0.717, 1.165) is 11.1 Å². The van der Waals surface area contributed by atoms with Crippen LogP contribution < -0.4 is 0 Å². The number of benzene rings is 2. The number of alkyl halides is 3. The molecule has 1 aliphatic heterocycles. The fraction of sp³-hybridized carbons (Fsp3) is 0.364. The van der Waals surface area contributed by atoms with Crippen LogP contribution >= 0.6 is 0 Å². The molecule has 30 heavy (non-hydrogen) atoms. The predicted octanol–water partition coefficient (Wildman–Crippen LogP) is 5.68. The first-order valence-corrected chi connectivity index (χ1v) is 11.0. The van der Waals surface area contributed by atoms with Crippen LogP contribution in [0.2, 0.25) is 0 Å². The standard InChI is InChI=1S/C22H23F3O4S/c1-16(29-30(26,27)22(23,24)25)19-13-15-20(18-10-6-3-7-11-18)28-21(19)14-12-17-8-4-2-5-9-17/h2-11,20-21H,12-15H2,1H3/t20-,21-/m0/s1. The molecule has 2 atom stereocenters. The van der Waals surface area contributed by atoms with Gasteiger partial charge in [-0.15, -0.1) is 0 Å². The van der Waals surface area contributed by atoms with Gasteiger partial charge in [-0.25, -0.2) is 0 Å². The maximum absolute atomic E-state index is 12.7. The molecule has 0 spiro atoms. The number of hydrogen-bond donors (Lipinski definition) is 0. The Morgan fingerprint density at radius 3 is 2.27 bits per heavy atom. The summed E-state index contributed by atoms with van der Waals surface area (Å²) in [5.74, 6) is -0.267. The van der Waals surface area contributed by atoms with E-state index in [0.29, 0.717) is 31.3 Å². The van der Waals surface area contributed by atoms with Crippen LogP contribution in [0.5, 0.6) is 0 Å². The fourth-order valence-electron chi connectivity index (χ4n) is 3.56. The van der Waals surface area contributed by atoms with Crippen molar-refractivity contribution in [1.82, 2.24) is 0 Å². The van der Waals surface area contributed by atoms with Crippen molar-refractivity contribution in [2.24, 2.45) is 0 Å². The van der Waals surface area contributed by atoms with Gasteiger partial charge in [-0.2, -0.15) is 21.6 Å². The van der Waals surface area contributed by atoms with Crippen molar-refractivity contribution in [1.29, 1.82) is 0 Å². The molecule has 4 nitrogen and oxygen atoms in total. The van der Waals surface area contributed by atoms with E-state index in [1.54, 1.807) is 0 Å². The molecule has 0 amide bonds. The summed E-state index contributed by atoms with van der Waals surface area (Å²) in [5.41, 5.74) is -2.99. The molecule has 0 aromatic heterocycles. The first-order chi connectivity index (χ1) is 14.2. The highest BCUT2D eigenvalue weighted by molar-refractivity contribution is 7.87. The van der Waals surface area contributed by atoms with Gasteiger partial charge in [0, 0.05) is 0 Å². The topological polar surface area (TPSA) is 52.6 Å². The molecule has 2 aromatic rings. The van der Waals surface area contributed by atoms with Crippen LogP contribution in [0.3, 0.4) is 0 Å². The molecule has 2 aromatic carbocycles. The Hall–Kier alpha value is -2.32. The molecule has 1 saturated heterocycles. The van der Waals surface area contributed by atoms with E-state index >= 15 is 0 Å². The highest BCUT2D eigenvalue weighted by Gasteiger charge is 2.49. The third-order valence-corrected chi connectivity index (χ3v) is 6.11. The Morgan fingerprint density at radius 1 is 1.07 bits per heavy atom. The van der Waals surface area contributed by atoms with Crippen LogP contribution in [-0.2, 0) is 25.5 Å². The zero-order chi connectivity index (χ0) is 21.8. The maximum Gasteiger partial charge on any atom is 0.534 e. The van der Waals surface area contributed by atoms with Gasteiger partial charge < -0.3 is 8.92 Å². The Bertz CT molecular complexity index is 970. The molecule has 1 aliphatic rings. The summed E-state index contributed by atoms with van der Waals surface area (Å²) in [6.45, 7) is 1.25. The first-order valence-electron chi connectivity index (χ1n) is 9.62. The van der Waals surface area contributed by atoms with Gasteiger partial charge in [-0.1, -0.05) is 60.7 Å². The van der Waals surface area contributed by atoms with Crippen molar-refractivity contribution >= 4 is 10.1 Å². The number of allylic oxidation sites excluding steroid dienone is 1. The van der Waals surface area contributed by atoms with Gasteiger partial charge in [0.2, 0.25) is 0 Å². The minimum absolute atomic E-state index is 0.220. The second-order valence-corrected chi connectivity index (χ2v) is 8.69. The quantitative estimate of drug-likeness (QED) is 0.329. The molecular weight excluding hydrogens is 417 g/mol. The van der Waals surface area contributed by atoms with Crippen molar-refractivity contribution in [2.45, 2.75) is 50.3 Å². The van der Waals surface area contributed by atoms with Gasteiger partial charge in [0.1, 0.15) is 5.76 Å². The molecular formula is C22H23F3O4S. The van der Waals surface area contributed by atoms with Gasteiger partial charge in [0.25, 0.3) is 0 Å². The summed E-state index contributed by atoms with van der Waals surface area (Å²) in [5, 5.41) is 0. The molecule has 162 valence electrons. The molecule has 1 fully saturated rings. The predicted molar refractivity (Wildman–Crippen MR) is 107 cm³/mol. The lowest BCUT2D eigenvalue weighted by molar-refractivity contribution is -0.0531. The maximum atomic E-state index is 12.7. The summed E-state index contributed by atoms with van der Waals surface area (Å²) in [7, 11) is -5.72. The van der Waals surface area contributed by atoms with Gasteiger partial charge in [-0.05, 0) is 49.3 Å². The average molecular weight is 440 g/mol. The zero-order valence-corrected chi connectivity index (χ0v) is 17.2. The van der Waals surface area contributed by atoms with E-state index in [2.05, 4.69) is 4.18 Å². The molecule has 0 saturated carbocycles. The van der Waals surface area contributed by atoms with Crippen molar-refractivity contribution in [3.8, 4) is 0 Å². The number of hydrogen-bond acceptors (Lipinski definition) is 4. The first kappa shape index (κ1) is 22.4. The van der Waals surface area contributed by atoms with Crippen molar-refractivity contribution in [3.05, 3.63) is 83.1 Å². The molecule has 0 N–H and O–H groups in total. The summed E-state index contributed by atoms with van der Waals surface area (Å²) in [4.78, 5) is 0. The van der Waals surface area contributed by atoms with Gasteiger partial charge in [-0.3, -0.25) is 0 Å². The molecule has 1 heterocycles. The lowest BCUT2D eigenvalue weighted by Gasteiger charge is -2.33. The Balaban J connectivity index is 1.84. The van der Waals surface area contributed by atoms with E-state index in [1.807, 2.05) is 60.7 Å². The SMILES string of the molecule is CC(OS(=O)(=O)C(F)(F)F)=C1CC[C@@H](c2ccccc2)O[C@H]1CCc1ccccc1. The highest BCUT2D eigenvalue weighted by atomic mass is 32.2. The lowest BCUT2D eigenvalue weighted by Crippen LogP contribution is -2.29. The molecule has 0 unspecified atom stereocenters. The third-order valence-electron chi connectivity index (χ3n) is 5.07. The van der Waals surface area contributed by atoms with Gasteiger partial charge >= 0.3 is 15.6 Å². The molecule has 8 heteroatoms. The molecule has 0 radical (unpaired) electrons. The Labute approximate surface area is 174 Å². The summed E-state index contributed by atoms with van der Waals surface area (Å²) < 4.78 is 71.8. The zero-order valence-electron chi connectivity index (χ0n) is 16.4. The van der Waals surface area contributed by atoms with Crippen LogP contribution in [-0.4, -0.2) is 20.0 Å². The second kappa shape index (κ2) is 9.22. The highest BCUT2D eigenvalue weighted by Crippen LogP contribution is 2.38. The lowest BCUT2D eigenvalue weighted by atomic mass is 9.90. The van der Waals surface area contributed by atoms with Crippen LogP contribution in [0.15, 0.2) is 72.0 Å². The number of ether oxygens (including phenoxy) is 1. The smallest absolute Gasteiger partial charge is 0.381 e. The van der Waals surface area contributed by atoms with Crippen molar-refractivity contribution < 1.29 is 30.5 Å². The number of rotatable bonds is 6. The number of aryl methyl sites for hydroxylation is 1. The van der Waals surface area contributed by atoms with Crippen LogP contribution in [0.4, 0.5) is 13.2 Å². The second-order valence-electron chi connectivity index (χ2n) is 7.15. The summed E-state index contributed by atoms with van der Waals surface area (Å²) >= 11 is 0. The number of halogens is 3. The van der Waals surface area contributed by atoms with E-state index in [-0.39, 0.29) is 11.9 Å². The van der Waals surface area contributed by atoms with Crippen LogP contribution in [0.1, 0.15) is 43.4 Å². The van der Waals surface area contributed by atoms with Crippen LogP contribution in [0, 0.1) is 0 Å². The average Bonchev–Trinajstić information content (AvgIpc) is 2.72. The van der Waals surface area contributed by atoms with Gasteiger partial charge in [0.05, 0.1) is 12.2 Å². The minimum atomic E-state index is -5.72. The molecule has 3 rings (SSSR count). The normalized spacial score (nSPS) is 21.9.